The number of nitrogens with zero attached hydrogens (tertiary/aromatic N) is 2. The lowest BCUT2D eigenvalue weighted by molar-refractivity contribution is 0.346. The summed E-state index contributed by atoms with van der Waals surface area (Å²) in [5.41, 5.74) is 4.66. The fraction of sp³-hybridized carbons (Fsp3) is 0.360. The van der Waals surface area contributed by atoms with Gasteiger partial charge in [0.1, 0.15) is 5.75 Å². The quantitative estimate of drug-likeness (QED) is 0.497. The molecule has 0 fully saturated rings. The highest BCUT2D eigenvalue weighted by atomic mass is 32.1. The van der Waals surface area contributed by atoms with Crippen molar-refractivity contribution in [3.63, 3.8) is 0 Å². The molecular formula is C25H32N4O2S. The smallest absolute Gasteiger partial charge is 0.253 e. The lowest BCUT2D eigenvalue weighted by Gasteiger charge is -2.26. The van der Waals surface area contributed by atoms with Crippen LogP contribution in [0.1, 0.15) is 23.1 Å². The zero-order chi connectivity index (χ0) is 23.3. The van der Waals surface area contributed by atoms with Gasteiger partial charge in [0.05, 0.1) is 13.7 Å². The van der Waals surface area contributed by atoms with E-state index in [1.807, 2.05) is 43.3 Å². The molecule has 0 aliphatic rings. The molecule has 3 aromatic rings. The molecule has 170 valence electrons. The van der Waals surface area contributed by atoms with Crippen LogP contribution in [0.5, 0.6) is 5.75 Å². The largest absolute Gasteiger partial charge is 0.497 e. The number of benzene rings is 2. The molecule has 0 aliphatic heterocycles. The number of H-pyrrole nitrogens is 1. The molecule has 1 aromatic heterocycles. The van der Waals surface area contributed by atoms with E-state index in [9.17, 15) is 4.79 Å². The fourth-order valence-electron chi connectivity index (χ4n) is 3.75. The number of aryl methyl sites for hydroxylation is 2. The van der Waals surface area contributed by atoms with Crippen LogP contribution in [0.15, 0.2) is 47.3 Å². The first kappa shape index (κ1) is 23.8. The SMILES string of the molecule is COc1ccc(NC(=S)N(CCCN(C)C)Cc2cc3c(C)cc(C)cc3[nH]c2=O)cc1. The summed E-state index contributed by atoms with van der Waals surface area (Å²) in [6.07, 6.45) is 0.932. The molecular weight excluding hydrogens is 420 g/mol. The zero-order valence-electron chi connectivity index (χ0n) is 19.5. The third-order valence-electron chi connectivity index (χ3n) is 5.41. The highest BCUT2D eigenvalue weighted by Gasteiger charge is 2.14. The second-order valence-electron chi connectivity index (χ2n) is 8.40. The number of hydrogen-bond acceptors (Lipinski definition) is 4. The monoisotopic (exact) mass is 452 g/mol. The first-order chi connectivity index (χ1) is 15.3. The van der Waals surface area contributed by atoms with Gasteiger partial charge in [0.15, 0.2) is 5.11 Å². The van der Waals surface area contributed by atoms with Gasteiger partial charge in [-0.3, -0.25) is 4.79 Å². The van der Waals surface area contributed by atoms with Crippen molar-refractivity contribution in [1.29, 1.82) is 0 Å². The summed E-state index contributed by atoms with van der Waals surface area (Å²) in [5, 5.41) is 4.96. The van der Waals surface area contributed by atoms with E-state index in [-0.39, 0.29) is 5.56 Å². The number of aromatic nitrogens is 1. The van der Waals surface area contributed by atoms with Crippen molar-refractivity contribution in [3.05, 3.63) is 69.5 Å². The highest BCUT2D eigenvalue weighted by Crippen LogP contribution is 2.20. The Labute approximate surface area is 195 Å². The minimum Gasteiger partial charge on any atom is -0.497 e. The predicted octanol–water partition coefficient (Wildman–Crippen LogP) is 4.30. The highest BCUT2D eigenvalue weighted by molar-refractivity contribution is 7.80. The van der Waals surface area contributed by atoms with E-state index in [4.69, 9.17) is 17.0 Å². The molecule has 0 amide bonds. The number of hydrogen-bond donors (Lipinski definition) is 2. The summed E-state index contributed by atoms with van der Waals surface area (Å²) in [5.74, 6) is 0.789. The Morgan fingerprint density at radius 2 is 1.81 bits per heavy atom. The van der Waals surface area contributed by atoms with E-state index < -0.39 is 0 Å². The number of methoxy groups -OCH3 is 1. The molecule has 6 nitrogen and oxygen atoms in total. The standard InChI is InChI=1S/C25H32N4O2S/c1-17-13-18(2)22-15-19(24(30)27-23(22)14-17)16-29(12-6-11-28(3)4)25(32)26-20-7-9-21(31-5)10-8-20/h7-10,13-15H,6,11-12,16H2,1-5H3,(H,26,32)(H,27,30). The molecule has 1 heterocycles. The number of thiocarbonyl (C=S) groups is 1. The number of fused-ring (bicyclic) bond motifs is 1. The average Bonchev–Trinajstić information content (AvgIpc) is 2.74. The third kappa shape index (κ3) is 6.08. The van der Waals surface area contributed by atoms with Gasteiger partial charge in [0.2, 0.25) is 0 Å². The van der Waals surface area contributed by atoms with Crippen molar-refractivity contribution in [1.82, 2.24) is 14.8 Å². The lowest BCUT2D eigenvalue weighted by atomic mass is 10.0. The molecule has 0 bridgehead atoms. The minimum atomic E-state index is -0.0765. The molecule has 0 spiro atoms. The van der Waals surface area contributed by atoms with Gasteiger partial charge in [-0.1, -0.05) is 6.07 Å². The molecule has 0 unspecified atom stereocenters. The van der Waals surface area contributed by atoms with Crippen molar-refractivity contribution in [2.24, 2.45) is 0 Å². The molecule has 0 atom stereocenters. The van der Waals surface area contributed by atoms with Gasteiger partial charge in [-0.25, -0.2) is 0 Å². The molecule has 32 heavy (non-hydrogen) atoms. The molecule has 0 saturated carbocycles. The van der Waals surface area contributed by atoms with Crippen LogP contribution in [0.3, 0.4) is 0 Å². The maximum absolute atomic E-state index is 12.9. The van der Waals surface area contributed by atoms with Gasteiger partial charge in [-0.15, -0.1) is 0 Å². The van der Waals surface area contributed by atoms with E-state index in [1.54, 1.807) is 7.11 Å². The Morgan fingerprint density at radius 3 is 2.47 bits per heavy atom. The van der Waals surface area contributed by atoms with Crippen LogP contribution in [0.4, 0.5) is 5.69 Å². The summed E-state index contributed by atoms with van der Waals surface area (Å²) < 4.78 is 5.23. The van der Waals surface area contributed by atoms with Crippen LogP contribution in [-0.2, 0) is 6.54 Å². The van der Waals surface area contributed by atoms with Crippen LogP contribution < -0.4 is 15.6 Å². The van der Waals surface area contributed by atoms with Crippen LogP contribution in [0.2, 0.25) is 0 Å². The van der Waals surface area contributed by atoms with Crippen LogP contribution in [0, 0.1) is 13.8 Å². The zero-order valence-corrected chi connectivity index (χ0v) is 20.3. The molecule has 7 heteroatoms. The van der Waals surface area contributed by atoms with Gasteiger partial charge in [-0.05, 0) is 101 Å². The van der Waals surface area contributed by atoms with Gasteiger partial charge in [0.25, 0.3) is 5.56 Å². The summed E-state index contributed by atoms with van der Waals surface area (Å²) in [6.45, 7) is 6.23. The summed E-state index contributed by atoms with van der Waals surface area (Å²) >= 11 is 5.74. The van der Waals surface area contributed by atoms with Crippen molar-refractivity contribution in [2.75, 3.05) is 39.6 Å². The van der Waals surface area contributed by atoms with Gasteiger partial charge in [0, 0.05) is 28.7 Å². The molecule has 0 radical (unpaired) electrons. The van der Waals surface area contributed by atoms with Crippen LogP contribution in [0.25, 0.3) is 10.9 Å². The van der Waals surface area contributed by atoms with E-state index in [2.05, 4.69) is 47.2 Å². The van der Waals surface area contributed by atoms with Crippen molar-refractivity contribution >= 4 is 33.9 Å². The number of nitrogens with one attached hydrogen (secondary N) is 2. The average molecular weight is 453 g/mol. The normalized spacial score (nSPS) is 11.1. The van der Waals surface area contributed by atoms with Crippen LogP contribution >= 0.6 is 12.2 Å². The van der Waals surface area contributed by atoms with Gasteiger partial charge < -0.3 is 24.8 Å². The topological polar surface area (TPSA) is 60.6 Å². The Bertz CT molecular complexity index is 1140. The predicted molar refractivity (Wildman–Crippen MR) is 137 cm³/mol. The number of ether oxygens (including phenoxy) is 1. The summed E-state index contributed by atoms with van der Waals surface area (Å²) in [4.78, 5) is 20.1. The number of pyridine rings is 1. The second-order valence-corrected chi connectivity index (χ2v) is 8.79. The minimum absolute atomic E-state index is 0.0765. The number of aromatic amines is 1. The first-order valence-electron chi connectivity index (χ1n) is 10.7. The first-order valence-corrected chi connectivity index (χ1v) is 11.2. The lowest BCUT2D eigenvalue weighted by Crippen LogP contribution is -2.37. The van der Waals surface area contributed by atoms with Crippen molar-refractivity contribution in [2.45, 2.75) is 26.8 Å². The molecule has 2 aromatic carbocycles. The van der Waals surface area contributed by atoms with Gasteiger partial charge >= 0.3 is 0 Å². The third-order valence-corrected chi connectivity index (χ3v) is 5.77. The number of rotatable bonds is 8. The fourth-order valence-corrected chi connectivity index (χ4v) is 4.02. The molecule has 2 N–H and O–H groups in total. The Morgan fingerprint density at radius 1 is 1.09 bits per heavy atom. The summed E-state index contributed by atoms with van der Waals surface area (Å²) in [6, 6.07) is 13.8. The molecule has 0 aliphatic carbocycles. The van der Waals surface area contributed by atoms with E-state index >= 15 is 0 Å². The maximum Gasteiger partial charge on any atom is 0.253 e. The van der Waals surface area contributed by atoms with E-state index in [0.29, 0.717) is 17.2 Å². The molecule has 0 saturated heterocycles. The Hall–Kier alpha value is -2.90. The molecule has 3 rings (SSSR count). The van der Waals surface area contributed by atoms with Crippen molar-refractivity contribution < 1.29 is 4.74 Å². The Balaban J connectivity index is 1.85. The van der Waals surface area contributed by atoms with E-state index in [1.165, 1.54) is 0 Å². The maximum atomic E-state index is 12.9. The summed E-state index contributed by atoms with van der Waals surface area (Å²) in [7, 11) is 5.75. The van der Waals surface area contributed by atoms with Gasteiger partial charge in [-0.2, -0.15) is 0 Å². The second kappa shape index (κ2) is 10.6. The van der Waals surface area contributed by atoms with E-state index in [0.717, 1.165) is 53.0 Å². The number of anilines is 1. The Kier molecular flexibility index (Phi) is 7.88. The van der Waals surface area contributed by atoms with Crippen LogP contribution in [-0.4, -0.2) is 54.2 Å². The van der Waals surface area contributed by atoms with Crippen molar-refractivity contribution in [3.8, 4) is 5.75 Å².